The number of nitrogens with one attached hydrogen (secondary N) is 1. The molecule has 1 aromatic carbocycles. The Morgan fingerprint density at radius 2 is 1.78 bits per heavy atom. The zero-order chi connectivity index (χ0) is 13.0. The first-order chi connectivity index (χ1) is 8.58. The molecule has 100 valence electrons. The number of aryl methyl sites for hydroxylation is 1. The van der Waals surface area contributed by atoms with Crippen LogP contribution in [-0.2, 0) is 6.42 Å². The van der Waals surface area contributed by atoms with Crippen molar-refractivity contribution in [2.45, 2.75) is 32.2 Å². The first-order valence-corrected chi connectivity index (χ1v) is 7.16. The Balaban J connectivity index is 1.89. The quantitative estimate of drug-likeness (QED) is 0.902. The topological polar surface area (TPSA) is 15.3 Å². The Bertz CT molecular complexity index is 367. The number of benzene rings is 1. The van der Waals surface area contributed by atoms with Crippen LogP contribution >= 0.6 is 11.6 Å². The van der Waals surface area contributed by atoms with Crippen molar-refractivity contribution in [3.05, 3.63) is 34.9 Å². The van der Waals surface area contributed by atoms with Crippen LogP contribution in [0.25, 0.3) is 0 Å². The molecule has 0 amide bonds. The van der Waals surface area contributed by atoms with Crippen LogP contribution < -0.4 is 5.32 Å². The van der Waals surface area contributed by atoms with Gasteiger partial charge in [-0.3, -0.25) is 4.90 Å². The Morgan fingerprint density at radius 1 is 1.17 bits per heavy atom. The molecule has 0 radical (unpaired) electrons. The highest BCUT2D eigenvalue weighted by molar-refractivity contribution is 6.30. The molecule has 1 fully saturated rings. The predicted octanol–water partition coefficient (Wildman–Crippen LogP) is 2.96. The Hall–Kier alpha value is -0.570. The predicted molar refractivity (Wildman–Crippen MR) is 78.3 cm³/mol. The zero-order valence-electron chi connectivity index (χ0n) is 11.4. The minimum Gasteiger partial charge on any atom is -0.314 e. The Kier molecular flexibility index (Phi) is 4.66. The highest BCUT2D eigenvalue weighted by Gasteiger charge is 2.27. The van der Waals surface area contributed by atoms with Gasteiger partial charge in [0.1, 0.15) is 0 Å². The molecule has 1 aromatic rings. The van der Waals surface area contributed by atoms with Gasteiger partial charge >= 0.3 is 0 Å². The van der Waals surface area contributed by atoms with Crippen molar-refractivity contribution in [1.29, 1.82) is 0 Å². The molecule has 2 nitrogen and oxygen atoms in total. The van der Waals surface area contributed by atoms with E-state index in [1.54, 1.807) is 0 Å². The van der Waals surface area contributed by atoms with Gasteiger partial charge in [-0.1, -0.05) is 23.7 Å². The second-order valence-corrected chi connectivity index (χ2v) is 6.11. The molecular weight excluding hydrogens is 244 g/mol. The molecule has 2 rings (SSSR count). The molecular formula is C15H23ClN2. The van der Waals surface area contributed by atoms with Crippen molar-refractivity contribution in [2.24, 2.45) is 0 Å². The smallest absolute Gasteiger partial charge is 0.0406 e. The second-order valence-electron chi connectivity index (χ2n) is 5.68. The van der Waals surface area contributed by atoms with Crippen LogP contribution in [0.15, 0.2) is 24.3 Å². The maximum atomic E-state index is 5.91. The first-order valence-electron chi connectivity index (χ1n) is 6.78. The van der Waals surface area contributed by atoms with E-state index in [1.807, 2.05) is 12.1 Å². The minimum atomic E-state index is 0.280. The van der Waals surface area contributed by atoms with Gasteiger partial charge in [0, 0.05) is 36.7 Å². The lowest BCUT2D eigenvalue weighted by Crippen LogP contribution is -2.53. The SMILES string of the molecule is CC(C)(CCc1ccc(Cl)cc1)N1CCNCC1. The van der Waals surface area contributed by atoms with Crippen LogP contribution in [0.5, 0.6) is 0 Å². The minimum absolute atomic E-state index is 0.280. The standard InChI is InChI=1S/C15H23ClN2/c1-15(2,18-11-9-17-10-12-18)8-7-13-3-5-14(16)6-4-13/h3-6,17H,7-12H2,1-2H3. The van der Waals surface area contributed by atoms with E-state index in [9.17, 15) is 0 Å². The first kappa shape index (κ1) is 13.9. The van der Waals surface area contributed by atoms with Crippen LogP contribution in [0.3, 0.4) is 0 Å². The molecule has 0 unspecified atom stereocenters. The van der Waals surface area contributed by atoms with E-state index in [1.165, 1.54) is 12.0 Å². The lowest BCUT2D eigenvalue weighted by Gasteiger charge is -2.41. The lowest BCUT2D eigenvalue weighted by molar-refractivity contribution is 0.0959. The second kappa shape index (κ2) is 6.05. The Labute approximate surface area is 115 Å². The number of piperazine rings is 1. The van der Waals surface area contributed by atoms with E-state index >= 15 is 0 Å². The van der Waals surface area contributed by atoms with Gasteiger partial charge in [0.15, 0.2) is 0 Å². The van der Waals surface area contributed by atoms with Crippen molar-refractivity contribution < 1.29 is 0 Å². The molecule has 0 atom stereocenters. The van der Waals surface area contributed by atoms with Crippen molar-refractivity contribution in [1.82, 2.24) is 10.2 Å². The Morgan fingerprint density at radius 3 is 2.39 bits per heavy atom. The summed E-state index contributed by atoms with van der Waals surface area (Å²) in [6, 6.07) is 8.23. The monoisotopic (exact) mass is 266 g/mol. The van der Waals surface area contributed by atoms with Crippen LogP contribution in [0, 0.1) is 0 Å². The third-order valence-corrected chi connectivity index (χ3v) is 4.16. The fourth-order valence-corrected chi connectivity index (χ4v) is 2.66. The number of hydrogen-bond donors (Lipinski definition) is 1. The molecule has 0 spiro atoms. The summed E-state index contributed by atoms with van der Waals surface area (Å²) in [5.74, 6) is 0. The zero-order valence-corrected chi connectivity index (χ0v) is 12.1. The van der Waals surface area contributed by atoms with Gasteiger partial charge in [0.25, 0.3) is 0 Å². The summed E-state index contributed by atoms with van der Waals surface area (Å²) in [5, 5.41) is 4.23. The van der Waals surface area contributed by atoms with E-state index in [0.29, 0.717) is 0 Å². The van der Waals surface area contributed by atoms with Crippen LogP contribution in [0.4, 0.5) is 0 Å². The van der Waals surface area contributed by atoms with E-state index in [0.717, 1.165) is 37.6 Å². The van der Waals surface area contributed by atoms with Gasteiger partial charge in [0.2, 0.25) is 0 Å². The molecule has 0 aliphatic carbocycles. The molecule has 1 N–H and O–H groups in total. The third kappa shape index (κ3) is 3.71. The normalized spacial score (nSPS) is 17.9. The van der Waals surface area contributed by atoms with Gasteiger partial charge in [-0.2, -0.15) is 0 Å². The van der Waals surface area contributed by atoms with Crippen molar-refractivity contribution in [2.75, 3.05) is 26.2 Å². The number of rotatable bonds is 4. The van der Waals surface area contributed by atoms with Crippen LogP contribution in [0.2, 0.25) is 5.02 Å². The molecule has 18 heavy (non-hydrogen) atoms. The fraction of sp³-hybridized carbons (Fsp3) is 0.600. The van der Waals surface area contributed by atoms with E-state index in [2.05, 4.69) is 36.2 Å². The highest BCUT2D eigenvalue weighted by atomic mass is 35.5. The summed E-state index contributed by atoms with van der Waals surface area (Å²) in [7, 11) is 0. The average molecular weight is 267 g/mol. The van der Waals surface area contributed by atoms with Gasteiger partial charge in [-0.25, -0.2) is 0 Å². The van der Waals surface area contributed by atoms with Gasteiger partial charge in [-0.05, 0) is 44.4 Å². The highest BCUT2D eigenvalue weighted by Crippen LogP contribution is 2.22. The number of halogens is 1. The number of hydrogen-bond acceptors (Lipinski definition) is 2. The summed E-state index contributed by atoms with van der Waals surface area (Å²) < 4.78 is 0. The summed E-state index contributed by atoms with van der Waals surface area (Å²) in [6.45, 7) is 9.26. The van der Waals surface area contributed by atoms with Crippen LogP contribution in [0.1, 0.15) is 25.8 Å². The molecule has 0 saturated carbocycles. The molecule has 1 heterocycles. The average Bonchev–Trinajstić information content (AvgIpc) is 2.39. The van der Waals surface area contributed by atoms with Gasteiger partial charge in [-0.15, -0.1) is 0 Å². The van der Waals surface area contributed by atoms with E-state index < -0.39 is 0 Å². The molecule has 0 aromatic heterocycles. The van der Waals surface area contributed by atoms with Crippen molar-refractivity contribution in [3.8, 4) is 0 Å². The number of nitrogens with zero attached hydrogens (tertiary/aromatic N) is 1. The van der Waals surface area contributed by atoms with Gasteiger partial charge in [0.05, 0.1) is 0 Å². The molecule has 1 saturated heterocycles. The molecule has 1 aliphatic rings. The lowest BCUT2D eigenvalue weighted by atomic mass is 9.93. The summed E-state index contributed by atoms with van der Waals surface area (Å²) >= 11 is 5.91. The van der Waals surface area contributed by atoms with Crippen LogP contribution in [-0.4, -0.2) is 36.6 Å². The maximum Gasteiger partial charge on any atom is 0.0406 e. The van der Waals surface area contributed by atoms with Crippen molar-refractivity contribution >= 4 is 11.6 Å². The molecule has 0 bridgehead atoms. The molecule has 3 heteroatoms. The van der Waals surface area contributed by atoms with Crippen molar-refractivity contribution in [3.63, 3.8) is 0 Å². The summed E-state index contributed by atoms with van der Waals surface area (Å²) in [6.07, 6.45) is 2.31. The van der Waals surface area contributed by atoms with E-state index in [-0.39, 0.29) is 5.54 Å². The van der Waals surface area contributed by atoms with E-state index in [4.69, 9.17) is 11.6 Å². The third-order valence-electron chi connectivity index (χ3n) is 3.91. The fourth-order valence-electron chi connectivity index (χ4n) is 2.53. The maximum absolute atomic E-state index is 5.91. The summed E-state index contributed by atoms with van der Waals surface area (Å²) in [5.41, 5.74) is 1.66. The van der Waals surface area contributed by atoms with Gasteiger partial charge < -0.3 is 5.32 Å². The summed E-state index contributed by atoms with van der Waals surface area (Å²) in [4.78, 5) is 2.60. The molecule has 1 aliphatic heterocycles. The largest absolute Gasteiger partial charge is 0.314 e.